The van der Waals surface area contributed by atoms with Gasteiger partial charge in [-0.25, -0.2) is 0 Å². The highest BCUT2D eigenvalue weighted by Crippen LogP contribution is 2.46. The third-order valence-electron chi connectivity index (χ3n) is 15.7. The van der Waals surface area contributed by atoms with Crippen LogP contribution in [0.2, 0.25) is 0 Å². The lowest BCUT2D eigenvalue weighted by atomic mass is 9.94. The van der Waals surface area contributed by atoms with Crippen LogP contribution in [0.4, 0.5) is 17.1 Å². The maximum Gasteiger partial charge on any atom is 0.135 e. The molecule has 0 saturated heterocycles. The Morgan fingerprint density at radius 1 is 0.442 bits per heavy atom. The average Bonchev–Trinajstić information content (AvgIpc) is 4.34. The van der Waals surface area contributed by atoms with E-state index in [1.807, 2.05) is 36.5 Å². The summed E-state index contributed by atoms with van der Waals surface area (Å²) >= 11 is 1.85. The van der Waals surface area contributed by atoms with Crippen LogP contribution >= 0.6 is 11.3 Å². The molecule has 0 fully saturated rings. The minimum Gasteiger partial charge on any atom is -0.456 e. The first-order valence-corrected chi connectivity index (χ1v) is 27.1. The Labute approximate surface area is 449 Å². The first-order chi connectivity index (χ1) is 38.0. The fourth-order valence-electron chi connectivity index (χ4n) is 12.0. The Morgan fingerprint density at radius 2 is 0.974 bits per heavy atom. The standard InChI is InChI=1S/C73H48N2OS/c1-3-69-65(60-22-11-13-25-70(60)76-69)42-46(2)47-28-30-48(31-29-47)50-34-40-66-63(43-50)64-44-51(35-41-67(64)75(66)54-38-39-59-57-20-8-7-18-55(57)56-19-9-10-21-58(56)62(59)45-54)49-32-36-53(37-33-49)74(52-16-5-4-6-17-52)68-24-15-27-72-73(68)61-23-12-14-26-71(61)77-72/h3-45H,2H2,1H3/b65-42-,69-3+. The Bertz CT molecular complexity index is 4970. The fraction of sp³-hybridized carbons (Fsp3) is 0.0137. The van der Waals surface area contributed by atoms with Crippen molar-refractivity contribution >= 4 is 131 Å². The molecule has 0 saturated carbocycles. The van der Waals surface area contributed by atoms with Crippen molar-refractivity contribution in [3.8, 4) is 27.9 Å². The maximum atomic E-state index is 6.17. The Kier molecular flexibility index (Phi) is 10.4. The highest BCUT2D eigenvalue weighted by molar-refractivity contribution is 7.26. The van der Waals surface area contributed by atoms with Crippen molar-refractivity contribution in [2.24, 2.45) is 0 Å². The number of benzene rings is 12. The predicted molar refractivity (Wildman–Crippen MR) is 331 cm³/mol. The molecule has 0 aliphatic heterocycles. The summed E-state index contributed by atoms with van der Waals surface area (Å²) in [6.45, 7) is 6.53. The van der Waals surface area contributed by atoms with E-state index < -0.39 is 0 Å². The first-order valence-electron chi connectivity index (χ1n) is 26.3. The van der Waals surface area contributed by atoms with Gasteiger partial charge in [0.1, 0.15) is 11.0 Å². The van der Waals surface area contributed by atoms with Crippen molar-refractivity contribution in [1.29, 1.82) is 0 Å². The number of hydrogen-bond donors (Lipinski definition) is 0. The molecule has 3 nitrogen and oxygen atoms in total. The lowest BCUT2D eigenvalue weighted by Crippen LogP contribution is -2.19. The Balaban J connectivity index is 0.867. The van der Waals surface area contributed by atoms with E-state index in [1.165, 1.54) is 68.9 Å². The molecule has 3 aromatic heterocycles. The first kappa shape index (κ1) is 44.7. The molecule has 0 radical (unpaired) electrons. The number of para-hydroxylation sites is 2. The largest absolute Gasteiger partial charge is 0.456 e. The molecule has 362 valence electrons. The van der Waals surface area contributed by atoms with Gasteiger partial charge >= 0.3 is 0 Å². The van der Waals surface area contributed by atoms with E-state index in [4.69, 9.17) is 4.42 Å². The lowest BCUT2D eigenvalue weighted by molar-refractivity contribution is 0.575. The summed E-state index contributed by atoms with van der Waals surface area (Å²) in [5.41, 5.74) is 15.2. The monoisotopic (exact) mass is 1000 g/mol. The third-order valence-corrected chi connectivity index (χ3v) is 16.8. The molecular formula is C73H48N2OS. The van der Waals surface area contributed by atoms with Gasteiger partial charge < -0.3 is 13.9 Å². The highest BCUT2D eigenvalue weighted by atomic mass is 32.1. The number of aromatic nitrogens is 1. The summed E-state index contributed by atoms with van der Waals surface area (Å²) in [5, 5.41) is 14.7. The number of rotatable bonds is 8. The molecule has 12 aromatic carbocycles. The molecular weight excluding hydrogens is 953 g/mol. The van der Waals surface area contributed by atoms with E-state index in [0.29, 0.717) is 0 Å². The van der Waals surface area contributed by atoms with Crippen LogP contribution in [-0.2, 0) is 0 Å². The smallest absolute Gasteiger partial charge is 0.135 e. The molecule has 15 aromatic rings. The van der Waals surface area contributed by atoms with E-state index in [1.54, 1.807) is 0 Å². The molecule has 0 N–H and O–H groups in total. The number of hydrogen-bond acceptors (Lipinski definition) is 3. The van der Waals surface area contributed by atoms with E-state index >= 15 is 0 Å². The van der Waals surface area contributed by atoms with Gasteiger partial charge in [0.05, 0.1) is 16.7 Å². The van der Waals surface area contributed by atoms with Crippen molar-refractivity contribution in [3.05, 3.63) is 271 Å². The second kappa shape index (κ2) is 18.0. The van der Waals surface area contributed by atoms with Crippen LogP contribution in [0.25, 0.3) is 131 Å². The van der Waals surface area contributed by atoms with Crippen LogP contribution in [0.1, 0.15) is 12.5 Å². The van der Waals surface area contributed by atoms with E-state index in [0.717, 1.165) is 83.1 Å². The molecule has 77 heavy (non-hydrogen) atoms. The molecule has 4 heteroatoms. The number of anilines is 3. The fourth-order valence-corrected chi connectivity index (χ4v) is 13.2. The molecule has 0 spiro atoms. The Morgan fingerprint density at radius 3 is 1.64 bits per heavy atom. The second-order valence-electron chi connectivity index (χ2n) is 20.0. The minimum absolute atomic E-state index is 0.855. The number of fused-ring (bicyclic) bond motifs is 13. The summed E-state index contributed by atoms with van der Waals surface area (Å²) in [6, 6.07) is 91.0. The molecule has 0 aliphatic carbocycles. The van der Waals surface area contributed by atoms with E-state index in [2.05, 4.69) is 259 Å². The van der Waals surface area contributed by atoms with Gasteiger partial charge in [0.15, 0.2) is 0 Å². The molecule has 15 rings (SSSR count). The molecule has 0 amide bonds. The normalized spacial score (nSPS) is 12.4. The van der Waals surface area contributed by atoms with Crippen LogP contribution in [-0.4, -0.2) is 4.57 Å². The van der Waals surface area contributed by atoms with Crippen molar-refractivity contribution in [2.45, 2.75) is 6.92 Å². The molecule has 3 heterocycles. The minimum atomic E-state index is 0.855. The molecule has 0 unspecified atom stereocenters. The SMILES string of the molecule is C=C(/C=c1\c(=C/C)oc2ccccc12)c1ccc(-c2ccc3c(c2)c2cc(-c4ccc(N(c5ccccc5)c5cccc6sc7ccccc7c56)cc4)ccc2n3-c2ccc3c4ccccc4c4ccccc4c3c2)cc1. The maximum absolute atomic E-state index is 6.17. The van der Waals surface area contributed by atoms with Crippen LogP contribution in [0.15, 0.2) is 260 Å². The zero-order valence-electron chi connectivity index (χ0n) is 42.2. The van der Waals surface area contributed by atoms with E-state index in [9.17, 15) is 0 Å². The summed E-state index contributed by atoms with van der Waals surface area (Å²) in [7, 11) is 0. The van der Waals surface area contributed by atoms with Gasteiger partial charge in [-0.1, -0.05) is 170 Å². The highest BCUT2D eigenvalue weighted by Gasteiger charge is 2.20. The van der Waals surface area contributed by atoms with Gasteiger partial charge in [-0.3, -0.25) is 0 Å². The summed E-state index contributed by atoms with van der Waals surface area (Å²) < 4.78 is 11.2. The third kappa shape index (κ3) is 7.33. The molecule has 0 bridgehead atoms. The van der Waals surface area contributed by atoms with Gasteiger partial charge in [0.25, 0.3) is 0 Å². The topological polar surface area (TPSA) is 21.3 Å². The van der Waals surface area contributed by atoms with Crippen molar-refractivity contribution in [2.75, 3.05) is 4.90 Å². The lowest BCUT2D eigenvalue weighted by Gasteiger charge is -2.26. The van der Waals surface area contributed by atoms with Crippen molar-refractivity contribution in [1.82, 2.24) is 4.57 Å². The molecule has 0 atom stereocenters. The zero-order valence-corrected chi connectivity index (χ0v) is 43.1. The zero-order chi connectivity index (χ0) is 51.1. The van der Waals surface area contributed by atoms with Gasteiger partial charge in [-0.05, 0) is 170 Å². The van der Waals surface area contributed by atoms with Crippen LogP contribution < -0.4 is 15.5 Å². The van der Waals surface area contributed by atoms with Crippen molar-refractivity contribution in [3.63, 3.8) is 0 Å². The van der Waals surface area contributed by atoms with Gasteiger partial charge in [-0.2, -0.15) is 0 Å². The summed E-state index contributed by atoms with van der Waals surface area (Å²) in [5.74, 6) is 0. The molecule has 0 aliphatic rings. The average molecular weight is 1000 g/mol. The van der Waals surface area contributed by atoms with Gasteiger partial charge in [0.2, 0.25) is 0 Å². The Hall–Kier alpha value is -9.74. The number of nitrogens with zero attached hydrogens (tertiary/aromatic N) is 2. The number of allylic oxidation sites excluding steroid dienone is 1. The number of furan rings is 1. The van der Waals surface area contributed by atoms with Gasteiger partial charge in [-0.15, -0.1) is 11.3 Å². The quantitative estimate of drug-likeness (QED) is 0.142. The van der Waals surface area contributed by atoms with Crippen LogP contribution in [0.5, 0.6) is 0 Å². The van der Waals surface area contributed by atoms with Crippen LogP contribution in [0, 0.1) is 0 Å². The number of thiophene rings is 1. The van der Waals surface area contributed by atoms with E-state index in [-0.39, 0.29) is 0 Å². The second-order valence-corrected chi connectivity index (χ2v) is 21.1. The summed E-state index contributed by atoms with van der Waals surface area (Å²) in [6.07, 6.45) is 4.17. The summed E-state index contributed by atoms with van der Waals surface area (Å²) in [4.78, 5) is 2.40. The van der Waals surface area contributed by atoms with Gasteiger partial charge in [0, 0.05) is 58.6 Å². The predicted octanol–water partition coefficient (Wildman–Crippen LogP) is 19.5. The van der Waals surface area contributed by atoms with Crippen molar-refractivity contribution < 1.29 is 4.42 Å². The van der Waals surface area contributed by atoms with Crippen LogP contribution in [0.3, 0.4) is 0 Å².